The molecule has 0 unspecified atom stereocenters. The van der Waals surface area contributed by atoms with Crippen LogP contribution in [-0.2, 0) is 6.54 Å². The van der Waals surface area contributed by atoms with Crippen LogP contribution in [0.25, 0.3) is 5.69 Å². The molecule has 2 N–H and O–H groups in total. The number of benzene rings is 1. The summed E-state index contributed by atoms with van der Waals surface area (Å²) in [5, 5.41) is 6.59. The van der Waals surface area contributed by atoms with Gasteiger partial charge in [-0.1, -0.05) is 25.1 Å². The molecule has 0 amide bonds. The van der Waals surface area contributed by atoms with Crippen molar-refractivity contribution in [1.82, 2.24) is 20.2 Å². The highest BCUT2D eigenvalue weighted by molar-refractivity contribution is 14.0. The smallest absolute Gasteiger partial charge is 0.191 e. The second-order valence-electron chi connectivity index (χ2n) is 4.45. The number of hydrogen-bond donors (Lipinski definition) is 2. The summed E-state index contributed by atoms with van der Waals surface area (Å²) in [6.45, 7) is 3.77. The van der Waals surface area contributed by atoms with Crippen LogP contribution < -0.4 is 10.6 Å². The van der Waals surface area contributed by atoms with Gasteiger partial charge in [0.15, 0.2) is 5.96 Å². The van der Waals surface area contributed by atoms with Crippen molar-refractivity contribution in [3.63, 3.8) is 0 Å². The molecule has 0 saturated carbocycles. The number of para-hydroxylation sites is 1. The van der Waals surface area contributed by atoms with E-state index in [1.807, 2.05) is 29.2 Å². The molecule has 1 aromatic heterocycles. The predicted octanol–water partition coefficient (Wildman–Crippen LogP) is 2.57. The zero-order valence-corrected chi connectivity index (χ0v) is 14.7. The fourth-order valence-corrected chi connectivity index (χ4v) is 1.96. The molecule has 0 fully saturated rings. The van der Waals surface area contributed by atoms with E-state index in [0.717, 1.165) is 31.2 Å². The van der Waals surface area contributed by atoms with Gasteiger partial charge in [0.2, 0.25) is 0 Å². The molecule has 0 atom stereocenters. The van der Waals surface area contributed by atoms with Gasteiger partial charge in [0.1, 0.15) is 0 Å². The van der Waals surface area contributed by atoms with Crippen molar-refractivity contribution < 1.29 is 0 Å². The van der Waals surface area contributed by atoms with E-state index in [2.05, 4.69) is 39.7 Å². The molecule has 0 radical (unpaired) electrons. The van der Waals surface area contributed by atoms with Crippen molar-refractivity contribution in [2.75, 3.05) is 13.6 Å². The second kappa shape index (κ2) is 9.38. The van der Waals surface area contributed by atoms with Gasteiger partial charge in [-0.3, -0.25) is 4.99 Å². The largest absolute Gasteiger partial charge is 0.356 e. The SMILES string of the molecule is CCCNC(=NC)NCc1ccccc1-n1ccnc1.I. The molecule has 0 aliphatic carbocycles. The maximum absolute atomic E-state index is 4.21. The molecule has 0 spiro atoms. The summed E-state index contributed by atoms with van der Waals surface area (Å²) in [7, 11) is 1.78. The summed E-state index contributed by atoms with van der Waals surface area (Å²) in [5.74, 6) is 0.826. The van der Waals surface area contributed by atoms with Gasteiger partial charge in [-0.2, -0.15) is 0 Å². The van der Waals surface area contributed by atoms with Gasteiger partial charge in [0.25, 0.3) is 0 Å². The van der Waals surface area contributed by atoms with Crippen LogP contribution in [0.1, 0.15) is 18.9 Å². The average Bonchev–Trinajstić information content (AvgIpc) is 3.02. The Kier molecular flexibility index (Phi) is 7.81. The number of nitrogens with zero attached hydrogens (tertiary/aromatic N) is 3. The number of rotatable bonds is 5. The Morgan fingerprint density at radius 1 is 1.29 bits per heavy atom. The van der Waals surface area contributed by atoms with E-state index in [1.165, 1.54) is 5.56 Å². The first kappa shape index (κ1) is 17.5. The molecular weight excluding hydrogens is 377 g/mol. The van der Waals surface area contributed by atoms with Crippen LogP contribution >= 0.6 is 24.0 Å². The molecule has 114 valence electrons. The van der Waals surface area contributed by atoms with Crippen LogP contribution in [0.2, 0.25) is 0 Å². The lowest BCUT2D eigenvalue weighted by Gasteiger charge is -2.14. The molecule has 1 aromatic carbocycles. The summed E-state index contributed by atoms with van der Waals surface area (Å²) >= 11 is 0. The highest BCUT2D eigenvalue weighted by Crippen LogP contribution is 2.13. The van der Waals surface area contributed by atoms with E-state index >= 15 is 0 Å². The van der Waals surface area contributed by atoms with Crippen molar-refractivity contribution in [3.8, 4) is 5.69 Å². The standard InChI is InChI=1S/C15H21N5.HI/c1-3-8-18-15(16-2)19-11-13-6-4-5-7-14(13)20-10-9-17-12-20;/h4-7,9-10,12H,3,8,11H2,1-2H3,(H2,16,18,19);1H. The monoisotopic (exact) mass is 399 g/mol. The fourth-order valence-electron chi connectivity index (χ4n) is 1.96. The number of halogens is 1. The quantitative estimate of drug-likeness (QED) is 0.462. The van der Waals surface area contributed by atoms with Gasteiger partial charge in [0.05, 0.1) is 12.0 Å². The lowest BCUT2D eigenvalue weighted by Crippen LogP contribution is -2.37. The molecule has 0 aliphatic heterocycles. The zero-order valence-electron chi connectivity index (χ0n) is 12.4. The third-order valence-corrected chi connectivity index (χ3v) is 2.99. The molecule has 5 nitrogen and oxygen atoms in total. The highest BCUT2D eigenvalue weighted by Gasteiger charge is 2.04. The number of hydrogen-bond acceptors (Lipinski definition) is 2. The Morgan fingerprint density at radius 2 is 2.10 bits per heavy atom. The van der Waals surface area contributed by atoms with E-state index in [9.17, 15) is 0 Å². The van der Waals surface area contributed by atoms with Crippen LogP contribution in [0.3, 0.4) is 0 Å². The van der Waals surface area contributed by atoms with Gasteiger partial charge in [-0.25, -0.2) is 4.98 Å². The molecule has 21 heavy (non-hydrogen) atoms. The Morgan fingerprint density at radius 3 is 2.76 bits per heavy atom. The third-order valence-electron chi connectivity index (χ3n) is 2.99. The van der Waals surface area contributed by atoms with E-state index in [0.29, 0.717) is 0 Å². The molecule has 0 bridgehead atoms. The number of aliphatic imine (C=N–C) groups is 1. The minimum absolute atomic E-state index is 0. The maximum atomic E-state index is 4.21. The predicted molar refractivity (Wildman–Crippen MR) is 97.5 cm³/mol. The Balaban J connectivity index is 0.00000220. The van der Waals surface area contributed by atoms with Gasteiger partial charge >= 0.3 is 0 Å². The first-order valence-corrected chi connectivity index (χ1v) is 6.86. The summed E-state index contributed by atoms with van der Waals surface area (Å²) in [6.07, 6.45) is 6.62. The van der Waals surface area contributed by atoms with Crippen LogP contribution in [0.15, 0.2) is 48.0 Å². The first-order valence-electron chi connectivity index (χ1n) is 6.86. The number of aromatic nitrogens is 2. The number of nitrogens with one attached hydrogen (secondary N) is 2. The Hall–Kier alpha value is -1.57. The van der Waals surface area contributed by atoms with Gasteiger partial charge < -0.3 is 15.2 Å². The van der Waals surface area contributed by atoms with Crippen molar-refractivity contribution in [3.05, 3.63) is 48.5 Å². The van der Waals surface area contributed by atoms with E-state index < -0.39 is 0 Å². The van der Waals surface area contributed by atoms with Crippen LogP contribution in [-0.4, -0.2) is 29.1 Å². The van der Waals surface area contributed by atoms with E-state index in [1.54, 1.807) is 13.2 Å². The van der Waals surface area contributed by atoms with Crippen molar-refractivity contribution >= 4 is 29.9 Å². The molecule has 6 heteroatoms. The number of imidazole rings is 1. The molecule has 2 aromatic rings. The van der Waals surface area contributed by atoms with Crippen LogP contribution in [0.5, 0.6) is 0 Å². The average molecular weight is 399 g/mol. The van der Waals surface area contributed by atoms with Crippen LogP contribution in [0.4, 0.5) is 0 Å². The topological polar surface area (TPSA) is 54.2 Å². The van der Waals surface area contributed by atoms with Crippen LogP contribution in [0, 0.1) is 0 Å². The summed E-state index contributed by atoms with van der Waals surface area (Å²) in [4.78, 5) is 8.31. The Labute approximate surface area is 142 Å². The normalized spacial score (nSPS) is 10.9. The van der Waals surface area contributed by atoms with Crippen molar-refractivity contribution in [2.24, 2.45) is 4.99 Å². The molecule has 0 aliphatic rings. The summed E-state index contributed by atoms with van der Waals surface area (Å²) < 4.78 is 2.01. The van der Waals surface area contributed by atoms with E-state index in [4.69, 9.17) is 0 Å². The maximum Gasteiger partial charge on any atom is 0.191 e. The first-order chi connectivity index (χ1) is 9.85. The van der Waals surface area contributed by atoms with E-state index in [-0.39, 0.29) is 24.0 Å². The molecular formula is C15H22IN5. The van der Waals surface area contributed by atoms with Gasteiger partial charge in [0, 0.05) is 32.5 Å². The minimum Gasteiger partial charge on any atom is -0.356 e. The highest BCUT2D eigenvalue weighted by atomic mass is 127. The van der Waals surface area contributed by atoms with Gasteiger partial charge in [-0.05, 0) is 18.1 Å². The van der Waals surface area contributed by atoms with Crippen molar-refractivity contribution in [2.45, 2.75) is 19.9 Å². The van der Waals surface area contributed by atoms with Gasteiger partial charge in [-0.15, -0.1) is 24.0 Å². The third kappa shape index (κ3) is 5.04. The summed E-state index contributed by atoms with van der Waals surface area (Å²) in [6, 6.07) is 8.26. The molecule has 0 saturated heterocycles. The van der Waals surface area contributed by atoms with Crippen molar-refractivity contribution in [1.29, 1.82) is 0 Å². The fraction of sp³-hybridized carbons (Fsp3) is 0.333. The Bertz CT molecular complexity index is 551. The lowest BCUT2D eigenvalue weighted by molar-refractivity contribution is 0.779. The summed E-state index contributed by atoms with van der Waals surface area (Å²) in [5.41, 5.74) is 2.33. The minimum atomic E-state index is 0. The zero-order chi connectivity index (χ0) is 14.2. The molecule has 2 rings (SSSR count). The molecule has 1 heterocycles. The number of guanidine groups is 1. The second-order valence-corrected chi connectivity index (χ2v) is 4.45. The lowest BCUT2D eigenvalue weighted by atomic mass is 10.1.